The first-order valence-corrected chi connectivity index (χ1v) is 6.78. The highest BCUT2D eigenvalue weighted by Gasteiger charge is 2.13. The van der Waals surface area contributed by atoms with Crippen molar-refractivity contribution >= 4 is 11.6 Å². The number of ether oxygens (including phenoxy) is 1. The molecule has 0 aliphatic rings. The first kappa shape index (κ1) is 14.9. The largest absolute Gasteiger partial charge is 0.495 e. The van der Waals surface area contributed by atoms with Crippen LogP contribution in [0.15, 0.2) is 42.5 Å². The molecule has 0 N–H and O–H groups in total. The van der Waals surface area contributed by atoms with Crippen LogP contribution in [0.25, 0.3) is 0 Å². The van der Waals surface area contributed by atoms with Gasteiger partial charge in [-0.1, -0.05) is 29.8 Å². The Hall–Kier alpha value is -2.49. The predicted molar refractivity (Wildman–Crippen MR) is 81.2 cm³/mol. The molecule has 2 aromatic rings. The molecule has 0 aliphatic heterocycles. The van der Waals surface area contributed by atoms with Gasteiger partial charge in [-0.3, -0.25) is 0 Å². The summed E-state index contributed by atoms with van der Waals surface area (Å²) in [5, 5.41) is 18.7. The summed E-state index contributed by atoms with van der Waals surface area (Å²) < 4.78 is 5.11. The summed E-state index contributed by atoms with van der Waals surface area (Å²) in [4.78, 5) is 0. The van der Waals surface area contributed by atoms with Crippen molar-refractivity contribution in [1.82, 2.24) is 0 Å². The smallest absolute Gasteiger partial charge is 0.137 e. The third-order valence-electron chi connectivity index (χ3n) is 3.25. The summed E-state index contributed by atoms with van der Waals surface area (Å²) in [7, 11) is 1.57. The minimum Gasteiger partial charge on any atom is -0.495 e. The molecule has 104 valence electrons. The van der Waals surface area contributed by atoms with E-state index in [9.17, 15) is 5.26 Å². The summed E-state index contributed by atoms with van der Waals surface area (Å²) in [6.07, 6.45) is 0.562. The molecule has 0 saturated heterocycles. The van der Waals surface area contributed by atoms with Crippen LogP contribution in [0.2, 0.25) is 5.02 Å². The fraction of sp³-hybridized carbons (Fsp3) is 0.176. The number of rotatable bonds is 4. The minimum atomic E-state index is -0.276. The summed E-state index contributed by atoms with van der Waals surface area (Å²) in [6, 6.07) is 17.0. The number of nitriles is 2. The molecule has 0 spiro atoms. The summed E-state index contributed by atoms with van der Waals surface area (Å²) in [5.41, 5.74) is 2.45. The van der Waals surface area contributed by atoms with Crippen LogP contribution in [0.3, 0.4) is 0 Å². The fourth-order valence-electron chi connectivity index (χ4n) is 2.10. The van der Waals surface area contributed by atoms with Crippen LogP contribution in [0, 0.1) is 22.7 Å². The quantitative estimate of drug-likeness (QED) is 0.854. The van der Waals surface area contributed by atoms with Gasteiger partial charge in [0.25, 0.3) is 0 Å². The minimum absolute atomic E-state index is 0.276. The van der Waals surface area contributed by atoms with Crippen LogP contribution in [0.4, 0.5) is 0 Å². The Bertz CT molecular complexity index is 711. The van der Waals surface area contributed by atoms with Gasteiger partial charge in [0, 0.05) is 0 Å². The molecule has 1 atom stereocenters. The van der Waals surface area contributed by atoms with Gasteiger partial charge >= 0.3 is 0 Å². The maximum atomic E-state index is 9.36. The molecule has 0 amide bonds. The Morgan fingerprint density at radius 3 is 2.38 bits per heavy atom. The monoisotopic (exact) mass is 296 g/mol. The summed E-state index contributed by atoms with van der Waals surface area (Å²) in [6.45, 7) is 0. The van der Waals surface area contributed by atoms with E-state index in [0.29, 0.717) is 22.8 Å². The number of hydrogen-bond donors (Lipinski definition) is 0. The van der Waals surface area contributed by atoms with Gasteiger partial charge in [0.1, 0.15) is 5.75 Å². The van der Waals surface area contributed by atoms with E-state index in [2.05, 4.69) is 12.1 Å². The normalized spacial score (nSPS) is 11.2. The topological polar surface area (TPSA) is 56.8 Å². The van der Waals surface area contributed by atoms with Crippen LogP contribution in [-0.4, -0.2) is 7.11 Å². The number of methoxy groups -OCH3 is 1. The lowest BCUT2D eigenvalue weighted by molar-refractivity contribution is 0.415. The molecule has 4 heteroatoms. The van der Waals surface area contributed by atoms with E-state index < -0.39 is 0 Å². The van der Waals surface area contributed by atoms with E-state index in [4.69, 9.17) is 21.6 Å². The summed E-state index contributed by atoms with van der Waals surface area (Å²) >= 11 is 6.10. The van der Waals surface area contributed by atoms with Gasteiger partial charge in [0.15, 0.2) is 0 Å². The molecule has 0 aromatic heterocycles. The molecule has 0 aliphatic carbocycles. The Morgan fingerprint density at radius 2 is 1.86 bits per heavy atom. The number of halogens is 1. The highest BCUT2D eigenvalue weighted by atomic mass is 35.5. The van der Waals surface area contributed by atoms with Crippen molar-refractivity contribution in [2.24, 2.45) is 0 Å². The SMILES string of the molecule is COc1ccc(CC(C#N)c2ccc(C#N)cc2)cc1Cl. The third-order valence-corrected chi connectivity index (χ3v) is 3.55. The molecular weight excluding hydrogens is 284 g/mol. The van der Waals surface area contributed by atoms with Gasteiger partial charge in [0.05, 0.1) is 35.8 Å². The van der Waals surface area contributed by atoms with Crippen LogP contribution in [0.1, 0.15) is 22.6 Å². The lowest BCUT2D eigenvalue weighted by atomic mass is 9.92. The average molecular weight is 297 g/mol. The summed E-state index contributed by atoms with van der Waals surface area (Å²) in [5.74, 6) is 0.342. The van der Waals surface area contributed by atoms with Crippen LogP contribution in [0.5, 0.6) is 5.75 Å². The highest BCUT2D eigenvalue weighted by molar-refractivity contribution is 6.32. The second kappa shape index (κ2) is 6.79. The van der Waals surface area contributed by atoms with Crippen molar-refractivity contribution in [2.45, 2.75) is 12.3 Å². The molecule has 0 fully saturated rings. The van der Waals surface area contributed by atoms with Crippen LogP contribution >= 0.6 is 11.6 Å². The Balaban J connectivity index is 2.21. The van der Waals surface area contributed by atoms with E-state index in [1.54, 1.807) is 25.3 Å². The first-order valence-electron chi connectivity index (χ1n) is 6.40. The van der Waals surface area contributed by atoms with E-state index in [1.807, 2.05) is 24.3 Å². The van der Waals surface area contributed by atoms with Gasteiger partial charge in [-0.05, 0) is 41.8 Å². The number of nitrogens with zero attached hydrogens (tertiary/aromatic N) is 2. The maximum Gasteiger partial charge on any atom is 0.137 e. The molecule has 0 saturated carbocycles. The van der Waals surface area contributed by atoms with E-state index in [1.165, 1.54) is 0 Å². The van der Waals surface area contributed by atoms with Gasteiger partial charge in [-0.15, -0.1) is 0 Å². The Morgan fingerprint density at radius 1 is 1.14 bits per heavy atom. The van der Waals surface area contributed by atoms with Crippen LogP contribution < -0.4 is 4.74 Å². The molecule has 0 radical (unpaired) electrons. The van der Waals surface area contributed by atoms with Crippen molar-refractivity contribution in [3.05, 3.63) is 64.2 Å². The van der Waals surface area contributed by atoms with Crippen LogP contribution in [-0.2, 0) is 6.42 Å². The average Bonchev–Trinajstić information content (AvgIpc) is 2.53. The van der Waals surface area contributed by atoms with Crippen molar-refractivity contribution in [2.75, 3.05) is 7.11 Å². The standard InChI is InChI=1S/C17H13ClN2O/c1-21-17-7-4-13(9-16(17)18)8-15(11-20)14-5-2-12(10-19)3-6-14/h2-7,9,15H,8H2,1H3. The zero-order valence-electron chi connectivity index (χ0n) is 11.5. The van der Waals surface area contributed by atoms with Gasteiger partial charge < -0.3 is 4.74 Å². The lowest BCUT2D eigenvalue weighted by Crippen LogP contribution is -2.01. The molecule has 0 heterocycles. The molecule has 3 nitrogen and oxygen atoms in total. The maximum absolute atomic E-state index is 9.36. The lowest BCUT2D eigenvalue weighted by Gasteiger charge is -2.11. The fourth-order valence-corrected chi connectivity index (χ4v) is 2.38. The molecule has 2 rings (SSSR count). The Labute approximate surface area is 129 Å². The predicted octanol–water partition coefficient (Wildman–Crippen LogP) is 4.07. The van der Waals surface area contributed by atoms with Crippen molar-refractivity contribution in [3.8, 4) is 17.9 Å². The molecule has 2 aromatic carbocycles. The molecular formula is C17H13ClN2O. The van der Waals surface area contributed by atoms with Crippen molar-refractivity contribution in [3.63, 3.8) is 0 Å². The van der Waals surface area contributed by atoms with Crippen molar-refractivity contribution < 1.29 is 4.74 Å². The van der Waals surface area contributed by atoms with E-state index >= 15 is 0 Å². The zero-order valence-corrected chi connectivity index (χ0v) is 12.3. The van der Waals surface area contributed by atoms with Crippen molar-refractivity contribution in [1.29, 1.82) is 10.5 Å². The molecule has 0 bridgehead atoms. The third kappa shape index (κ3) is 3.54. The van der Waals surface area contributed by atoms with Gasteiger partial charge in [-0.2, -0.15) is 10.5 Å². The number of benzene rings is 2. The second-order valence-electron chi connectivity index (χ2n) is 4.59. The second-order valence-corrected chi connectivity index (χ2v) is 5.00. The van der Waals surface area contributed by atoms with Gasteiger partial charge in [-0.25, -0.2) is 0 Å². The molecule has 21 heavy (non-hydrogen) atoms. The first-order chi connectivity index (χ1) is 10.2. The Kier molecular flexibility index (Phi) is 4.82. The molecule has 1 unspecified atom stereocenters. The van der Waals surface area contributed by atoms with E-state index in [-0.39, 0.29) is 5.92 Å². The number of hydrogen-bond acceptors (Lipinski definition) is 3. The highest BCUT2D eigenvalue weighted by Crippen LogP contribution is 2.28. The van der Waals surface area contributed by atoms with E-state index in [0.717, 1.165) is 11.1 Å². The zero-order chi connectivity index (χ0) is 15.2. The van der Waals surface area contributed by atoms with Gasteiger partial charge in [0.2, 0.25) is 0 Å².